The van der Waals surface area contributed by atoms with Crippen molar-refractivity contribution in [3.63, 3.8) is 0 Å². The lowest BCUT2D eigenvalue weighted by Gasteiger charge is -2.39. The van der Waals surface area contributed by atoms with Crippen LogP contribution in [-0.4, -0.2) is 99.1 Å². The minimum Gasteiger partial charge on any atom is -0.379 e. The Morgan fingerprint density at radius 2 is 1.57 bits per heavy atom. The van der Waals surface area contributed by atoms with Crippen LogP contribution < -0.4 is 10.6 Å². The average Bonchev–Trinajstić information content (AvgIpc) is 3.39. The highest BCUT2D eigenvalue weighted by atomic mass is 16.5. The van der Waals surface area contributed by atoms with Crippen LogP contribution in [0, 0.1) is 29.6 Å². The van der Waals surface area contributed by atoms with Gasteiger partial charge in [0.05, 0.1) is 43.2 Å². The normalized spacial score (nSPS) is 19.4. The van der Waals surface area contributed by atoms with E-state index in [9.17, 15) is 19.2 Å². The molecule has 0 aliphatic carbocycles. The molecule has 0 spiro atoms. The van der Waals surface area contributed by atoms with Crippen molar-refractivity contribution in [2.24, 2.45) is 29.6 Å². The van der Waals surface area contributed by atoms with Crippen LogP contribution in [0.3, 0.4) is 0 Å². The molecule has 2 N–H and O–H groups in total. The Kier molecular flexibility index (Phi) is 15.2. The number of ether oxygens (including phenoxy) is 2. The Hall–Kier alpha value is -2.20. The summed E-state index contributed by atoms with van der Waals surface area (Å²) in [5.74, 6) is -0.769. The molecule has 10 nitrogen and oxygen atoms in total. The molecule has 0 aromatic rings. The lowest BCUT2D eigenvalue weighted by atomic mass is 9.85. The molecule has 1 aliphatic heterocycles. The fraction of sp³-hybridized carbons (Fsp3) is 0.867. The largest absolute Gasteiger partial charge is 0.379 e. The van der Waals surface area contributed by atoms with Crippen LogP contribution in [0.2, 0.25) is 0 Å². The molecule has 0 saturated carbocycles. The number of rotatable bonds is 16. The summed E-state index contributed by atoms with van der Waals surface area (Å²) in [6.45, 7) is 14.4. The molecule has 0 bridgehead atoms. The lowest BCUT2D eigenvalue weighted by molar-refractivity contribution is -0.145. The first-order valence-corrected chi connectivity index (χ1v) is 14.9. The fourth-order valence-corrected chi connectivity index (χ4v) is 6.33. The number of hydrogen-bond acceptors (Lipinski definition) is 6. The Bertz CT molecular complexity index is 827. The van der Waals surface area contributed by atoms with Gasteiger partial charge in [0.1, 0.15) is 0 Å². The monoisotopic (exact) mass is 568 g/mol. The smallest absolute Gasteiger partial charge is 0.242 e. The maximum atomic E-state index is 13.7. The molecule has 0 unspecified atom stereocenters. The topological polar surface area (TPSA) is 117 Å². The van der Waals surface area contributed by atoms with E-state index in [0.717, 1.165) is 19.3 Å². The summed E-state index contributed by atoms with van der Waals surface area (Å²) in [6.07, 6.45) is 1.50. The predicted octanol–water partition coefficient (Wildman–Crippen LogP) is 2.70. The molecule has 0 aromatic carbocycles. The van der Waals surface area contributed by atoms with Gasteiger partial charge in [-0.05, 0) is 30.6 Å². The van der Waals surface area contributed by atoms with Crippen molar-refractivity contribution < 1.29 is 28.7 Å². The van der Waals surface area contributed by atoms with E-state index in [0.29, 0.717) is 6.54 Å². The number of carbonyl (C=O) groups is 4. The van der Waals surface area contributed by atoms with E-state index in [1.807, 2.05) is 53.4 Å². The van der Waals surface area contributed by atoms with Gasteiger partial charge in [0.2, 0.25) is 23.6 Å². The number of nitrogens with one attached hydrogen (secondary N) is 2. The maximum Gasteiger partial charge on any atom is 0.242 e. The van der Waals surface area contributed by atoms with Crippen molar-refractivity contribution in [2.75, 3.05) is 41.4 Å². The van der Waals surface area contributed by atoms with Gasteiger partial charge in [0.25, 0.3) is 0 Å². The number of nitrogens with zero attached hydrogens (tertiary/aromatic N) is 2. The third-order valence-corrected chi connectivity index (χ3v) is 8.70. The molecule has 1 saturated heterocycles. The summed E-state index contributed by atoms with van der Waals surface area (Å²) < 4.78 is 11.6. The molecule has 4 amide bonds. The summed E-state index contributed by atoms with van der Waals surface area (Å²) in [5.41, 5.74) is 0. The molecule has 40 heavy (non-hydrogen) atoms. The zero-order valence-corrected chi connectivity index (χ0v) is 26.8. The van der Waals surface area contributed by atoms with Gasteiger partial charge in [-0.3, -0.25) is 19.2 Å². The second-order valence-electron chi connectivity index (χ2n) is 12.0. The highest BCUT2D eigenvalue weighted by Crippen LogP contribution is 2.29. The number of likely N-dealkylation sites (N-methyl/N-ethyl adjacent to an activating group) is 1. The van der Waals surface area contributed by atoms with E-state index < -0.39 is 18.1 Å². The Labute approximate surface area is 242 Å². The number of amides is 4. The molecule has 10 heteroatoms. The highest BCUT2D eigenvalue weighted by molar-refractivity contribution is 5.86. The van der Waals surface area contributed by atoms with Gasteiger partial charge in [0, 0.05) is 40.8 Å². The summed E-state index contributed by atoms with van der Waals surface area (Å²) in [4.78, 5) is 55.5. The maximum absolute atomic E-state index is 13.7. The summed E-state index contributed by atoms with van der Waals surface area (Å²) >= 11 is 0. The summed E-state index contributed by atoms with van der Waals surface area (Å²) in [7, 11) is 6.45. The molecule has 1 heterocycles. The molecule has 1 fully saturated rings. The zero-order valence-electron chi connectivity index (χ0n) is 26.8. The van der Waals surface area contributed by atoms with Crippen molar-refractivity contribution >= 4 is 23.6 Å². The second-order valence-corrected chi connectivity index (χ2v) is 12.0. The van der Waals surface area contributed by atoms with Gasteiger partial charge < -0.3 is 29.9 Å². The molecule has 0 aromatic heterocycles. The first kappa shape index (κ1) is 35.8. The van der Waals surface area contributed by atoms with Gasteiger partial charge in [0.15, 0.2) is 0 Å². The molecule has 232 valence electrons. The standard InChI is InChI=1S/C30H56N4O6/c1-12-20(6)27(33(9)25(36)17-32-30(38)26(18(2)3)19(4)5)23(39-10)16-24(35)34-15-13-14-22(34)28(40-11)21(7)29(37)31-8/h18-23,26-28H,12-17H2,1-11H3,(H,31,37)(H,32,38)/t20-,21+,22-,23+,27-,28+/m0/s1. The minimum atomic E-state index is -0.537. The lowest BCUT2D eigenvalue weighted by Crippen LogP contribution is -2.54. The molecule has 6 atom stereocenters. The van der Waals surface area contributed by atoms with Gasteiger partial charge in [-0.25, -0.2) is 0 Å². The van der Waals surface area contributed by atoms with Crippen LogP contribution in [-0.2, 0) is 28.7 Å². The van der Waals surface area contributed by atoms with Crippen molar-refractivity contribution in [3.8, 4) is 0 Å². The SMILES string of the molecule is CC[C@H](C)[C@@H]([C@@H](CC(=O)N1CCC[C@H]1[C@H](OC)[C@@H](C)C(=O)NC)OC)N(C)C(=O)CNC(=O)C(C(C)C)C(C)C. The third kappa shape index (κ3) is 9.16. The van der Waals surface area contributed by atoms with E-state index in [1.165, 1.54) is 0 Å². The quantitative estimate of drug-likeness (QED) is 0.296. The Morgan fingerprint density at radius 1 is 0.975 bits per heavy atom. The van der Waals surface area contributed by atoms with Crippen molar-refractivity contribution in [1.29, 1.82) is 0 Å². The van der Waals surface area contributed by atoms with Gasteiger partial charge >= 0.3 is 0 Å². The third-order valence-electron chi connectivity index (χ3n) is 8.70. The van der Waals surface area contributed by atoms with Crippen LogP contribution in [0.25, 0.3) is 0 Å². The Morgan fingerprint density at radius 3 is 2.05 bits per heavy atom. The van der Waals surface area contributed by atoms with E-state index in [4.69, 9.17) is 9.47 Å². The molecular formula is C30H56N4O6. The average molecular weight is 569 g/mol. The van der Waals surface area contributed by atoms with E-state index >= 15 is 0 Å². The van der Waals surface area contributed by atoms with Crippen molar-refractivity contribution in [3.05, 3.63) is 0 Å². The van der Waals surface area contributed by atoms with Crippen LogP contribution in [0.5, 0.6) is 0 Å². The summed E-state index contributed by atoms with van der Waals surface area (Å²) in [5, 5.41) is 5.51. The first-order valence-electron chi connectivity index (χ1n) is 14.9. The zero-order chi connectivity index (χ0) is 30.7. The van der Waals surface area contributed by atoms with Gasteiger partial charge in [-0.15, -0.1) is 0 Å². The highest BCUT2D eigenvalue weighted by Gasteiger charge is 2.41. The van der Waals surface area contributed by atoms with Gasteiger partial charge in [-0.2, -0.15) is 0 Å². The van der Waals surface area contributed by atoms with Crippen LogP contribution in [0.15, 0.2) is 0 Å². The van der Waals surface area contributed by atoms with E-state index in [1.54, 1.807) is 33.2 Å². The molecule has 0 radical (unpaired) electrons. The summed E-state index contributed by atoms with van der Waals surface area (Å²) in [6, 6.07) is -0.577. The number of carbonyl (C=O) groups excluding carboxylic acids is 4. The molecular weight excluding hydrogens is 512 g/mol. The van der Waals surface area contributed by atoms with Crippen LogP contribution in [0.4, 0.5) is 0 Å². The number of hydrogen-bond donors (Lipinski definition) is 2. The van der Waals surface area contributed by atoms with Crippen LogP contribution >= 0.6 is 0 Å². The van der Waals surface area contributed by atoms with E-state index in [2.05, 4.69) is 10.6 Å². The number of methoxy groups -OCH3 is 2. The minimum absolute atomic E-state index is 0.0517. The molecule has 1 aliphatic rings. The van der Waals surface area contributed by atoms with E-state index in [-0.39, 0.29) is 72.3 Å². The fourth-order valence-electron chi connectivity index (χ4n) is 6.33. The second kappa shape index (κ2) is 16.9. The molecule has 1 rings (SSSR count). The van der Waals surface area contributed by atoms with Crippen molar-refractivity contribution in [1.82, 2.24) is 20.4 Å². The van der Waals surface area contributed by atoms with Crippen LogP contribution in [0.1, 0.15) is 74.1 Å². The van der Waals surface area contributed by atoms with Crippen molar-refractivity contribution in [2.45, 2.75) is 98.4 Å². The predicted molar refractivity (Wildman–Crippen MR) is 156 cm³/mol. The number of likely N-dealkylation sites (tertiary alicyclic amines) is 1. The van der Waals surface area contributed by atoms with Gasteiger partial charge in [-0.1, -0.05) is 54.9 Å². The Balaban J connectivity index is 3.06. The first-order chi connectivity index (χ1) is 18.8.